The molecule has 6 heteroatoms. The molecule has 0 atom stereocenters. The monoisotopic (exact) mass is 268 g/mol. The van der Waals surface area contributed by atoms with Gasteiger partial charge >= 0.3 is 0 Å². The van der Waals surface area contributed by atoms with E-state index in [1.807, 2.05) is 0 Å². The molecule has 0 radical (unpaired) electrons. The van der Waals surface area contributed by atoms with Gasteiger partial charge in [-0.05, 0) is 18.2 Å². The standard InChI is InChI=1S/C8H9NO2.C5H7NO2.2H2/c1-11-7-5-3-2-4-6(7)8(9)10;1-2-3-4(7)5(6)8;;/h2-5H,1H3,(H2,9,10);2-3,7H,1H2,(H2,6,8);2*1H/b;4-3-;;. The zero-order valence-corrected chi connectivity index (χ0v) is 10.5. The van der Waals surface area contributed by atoms with Crippen LogP contribution in [0, 0.1) is 0 Å². The van der Waals surface area contributed by atoms with Crippen LogP contribution in [0.15, 0.2) is 48.8 Å². The van der Waals surface area contributed by atoms with Gasteiger partial charge in [0.2, 0.25) is 0 Å². The van der Waals surface area contributed by atoms with Crippen LogP contribution < -0.4 is 16.2 Å². The van der Waals surface area contributed by atoms with Crippen molar-refractivity contribution in [2.45, 2.75) is 0 Å². The van der Waals surface area contributed by atoms with E-state index in [9.17, 15) is 9.59 Å². The lowest BCUT2D eigenvalue weighted by Gasteiger charge is -2.02. The van der Waals surface area contributed by atoms with E-state index < -0.39 is 17.6 Å². The highest BCUT2D eigenvalue weighted by atomic mass is 16.5. The highest BCUT2D eigenvalue weighted by molar-refractivity contribution is 5.95. The first-order valence-corrected chi connectivity index (χ1v) is 5.18. The van der Waals surface area contributed by atoms with Crippen molar-refractivity contribution in [3.05, 3.63) is 54.3 Å². The number of amides is 2. The normalized spacial score (nSPS) is 9.84. The van der Waals surface area contributed by atoms with Crippen molar-refractivity contribution in [1.82, 2.24) is 0 Å². The quantitative estimate of drug-likeness (QED) is 0.434. The summed E-state index contributed by atoms with van der Waals surface area (Å²) in [5, 5.41) is 8.44. The maximum atomic E-state index is 10.7. The molecule has 0 unspecified atom stereocenters. The first kappa shape index (κ1) is 16.2. The van der Waals surface area contributed by atoms with Crippen molar-refractivity contribution in [2.75, 3.05) is 7.11 Å². The topological polar surface area (TPSA) is 116 Å². The summed E-state index contributed by atoms with van der Waals surface area (Å²) in [6, 6.07) is 6.84. The summed E-state index contributed by atoms with van der Waals surface area (Å²) in [5.41, 5.74) is 10.1. The van der Waals surface area contributed by atoms with E-state index in [4.69, 9.17) is 15.6 Å². The Bertz CT molecular complexity index is 505. The molecule has 0 aliphatic heterocycles. The first-order chi connectivity index (χ1) is 8.93. The number of carbonyl (C=O) groups is 2. The van der Waals surface area contributed by atoms with Gasteiger partial charge in [-0.2, -0.15) is 0 Å². The average Bonchev–Trinajstić information content (AvgIpc) is 2.39. The van der Waals surface area contributed by atoms with Gasteiger partial charge in [0.25, 0.3) is 11.8 Å². The van der Waals surface area contributed by atoms with Crippen LogP contribution in [0.5, 0.6) is 5.75 Å². The lowest BCUT2D eigenvalue weighted by molar-refractivity contribution is -0.116. The van der Waals surface area contributed by atoms with Gasteiger partial charge in [-0.3, -0.25) is 9.59 Å². The van der Waals surface area contributed by atoms with Crippen molar-refractivity contribution in [1.29, 1.82) is 0 Å². The van der Waals surface area contributed by atoms with Crippen molar-refractivity contribution in [3.8, 4) is 5.75 Å². The predicted octanol–water partition coefficient (Wildman–Crippen LogP) is 1.39. The third-order valence-corrected chi connectivity index (χ3v) is 1.90. The molecule has 0 spiro atoms. The second-order valence-corrected chi connectivity index (χ2v) is 3.22. The minimum absolute atomic E-state index is 0. The highest BCUT2D eigenvalue weighted by Gasteiger charge is 2.05. The summed E-state index contributed by atoms with van der Waals surface area (Å²) in [6.07, 6.45) is 2.41. The van der Waals surface area contributed by atoms with Crippen LogP contribution in [0.2, 0.25) is 0 Å². The summed E-state index contributed by atoms with van der Waals surface area (Å²) in [5.74, 6) is -1.27. The lowest BCUT2D eigenvalue weighted by atomic mass is 10.2. The molecule has 0 fully saturated rings. The Kier molecular flexibility index (Phi) is 7.14. The number of hydrogen-bond acceptors (Lipinski definition) is 4. The van der Waals surface area contributed by atoms with Gasteiger partial charge in [0.1, 0.15) is 5.75 Å². The molecule has 1 aromatic rings. The summed E-state index contributed by atoms with van der Waals surface area (Å²) < 4.78 is 4.91. The molecule has 0 saturated carbocycles. The molecular weight excluding hydrogens is 248 g/mol. The molecule has 1 rings (SSSR count). The number of benzene rings is 1. The van der Waals surface area contributed by atoms with Gasteiger partial charge in [0.15, 0.2) is 5.76 Å². The smallest absolute Gasteiger partial charge is 0.283 e. The third-order valence-electron chi connectivity index (χ3n) is 1.90. The van der Waals surface area contributed by atoms with Crippen molar-refractivity contribution in [3.63, 3.8) is 0 Å². The molecule has 19 heavy (non-hydrogen) atoms. The van der Waals surface area contributed by atoms with Crippen molar-refractivity contribution < 1.29 is 22.3 Å². The summed E-state index contributed by atoms with van der Waals surface area (Å²) in [4.78, 5) is 20.7. The van der Waals surface area contributed by atoms with Crippen LogP contribution in [-0.4, -0.2) is 24.0 Å². The number of aliphatic hydroxyl groups is 1. The highest BCUT2D eigenvalue weighted by Crippen LogP contribution is 2.15. The molecule has 106 valence electrons. The van der Waals surface area contributed by atoms with Crippen molar-refractivity contribution in [2.24, 2.45) is 11.5 Å². The molecular formula is C13H20N2O4. The lowest BCUT2D eigenvalue weighted by Crippen LogP contribution is -2.12. The second kappa shape index (κ2) is 8.35. The number of para-hydroxylation sites is 1. The van der Waals surface area contributed by atoms with Gasteiger partial charge < -0.3 is 21.3 Å². The Morgan fingerprint density at radius 3 is 2.26 bits per heavy atom. The van der Waals surface area contributed by atoms with E-state index in [1.54, 1.807) is 24.3 Å². The van der Waals surface area contributed by atoms with Gasteiger partial charge in [0, 0.05) is 2.85 Å². The molecule has 0 aliphatic rings. The summed E-state index contributed by atoms with van der Waals surface area (Å²) in [7, 11) is 1.50. The van der Waals surface area contributed by atoms with Gasteiger partial charge in [-0.25, -0.2) is 0 Å². The molecule has 0 aromatic heterocycles. The Morgan fingerprint density at radius 1 is 1.37 bits per heavy atom. The second-order valence-electron chi connectivity index (χ2n) is 3.22. The Balaban J connectivity index is -0.000000295. The Labute approximate surface area is 113 Å². The summed E-state index contributed by atoms with van der Waals surface area (Å²) >= 11 is 0. The number of carbonyl (C=O) groups excluding carboxylic acids is 2. The van der Waals surface area contributed by atoms with E-state index in [0.717, 1.165) is 6.08 Å². The number of allylic oxidation sites excluding steroid dienone is 2. The van der Waals surface area contributed by atoms with Crippen LogP contribution in [0.25, 0.3) is 0 Å². The van der Waals surface area contributed by atoms with Gasteiger partial charge in [-0.1, -0.05) is 24.8 Å². The maximum Gasteiger partial charge on any atom is 0.283 e. The van der Waals surface area contributed by atoms with Crippen molar-refractivity contribution >= 4 is 11.8 Å². The Hall–Kier alpha value is -2.76. The minimum atomic E-state index is -0.843. The number of hydrogen-bond donors (Lipinski definition) is 3. The van der Waals surface area contributed by atoms with Crippen LogP contribution in [0.3, 0.4) is 0 Å². The molecule has 0 aliphatic carbocycles. The number of aliphatic hydroxyl groups excluding tert-OH is 1. The van der Waals surface area contributed by atoms with Crippen LogP contribution in [-0.2, 0) is 4.79 Å². The van der Waals surface area contributed by atoms with Gasteiger partial charge in [0.05, 0.1) is 12.7 Å². The molecule has 0 heterocycles. The molecule has 2 amide bonds. The largest absolute Gasteiger partial charge is 0.503 e. The average molecular weight is 268 g/mol. The van der Waals surface area contributed by atoms with E-state index in [2.05, 4.69) is 12.3 Å². The first-order valence-electron chi connectivity index (χ1n) is 5.18. The van der Waals surface area contributed by atoms with E-state index in [-0.39, 0.29) is 2.85 Å². The number of nitrogens with two attached hydrogens (primary N) is 2. The molecule has 5 N–H and O–H groups in total. The van der Waals surface area contributed by atoms with E-state index in [1.165, 1.54) is 13.2 Å². The van der Waals surface area contributed by atoms with Crippen LogP contribution in [0.4, 0.5) is 0 Å². The minimum Gasteiger partial charge on any atom is -0.503 e. The summed E-state index contributed by atoms with van der Waals surface area (Å²) in [6.45, 7) is 3.24. The van der Waals surface area contributed by atoms with Crippen LogP contribution >= 0.6 is 0 Å². The molecule has 1 aromatic carbocycles. The fourth-order valence-electron chi connectivity index (χ4n) is 1.04. The van der Waals surface area contributed by atoms with E-state index in [0.29, 0.717) is 11.3 Å². The fourth-order valence-corrected chi connectivity index (χ4v) is 1.04. The van der Waals surface area contributed by atoms with Crippen LogP contribution in [0.1, 0.15) is 13.2 Å². The molecule has 0 saturated heterocycles. The number of methoxy groups -OCH3 is 1. The fraction of sp³-hybridized carbons (Fsp3) is 0.0769. The number of primary amides is 2. The van der Waals surface area contributed by atoms with E-state index >= 15 is 0 Å². The number of ether oxygens (including phenoxy) is 1. The molecule has 0 bridgehead atoms. The molecule has 6 nitrogen and oxygen atoms in total. The zero-order chi connectivity index (χ0) is 14.8. The predicted molar refractivity (Wildman–Crippen MR) is 75.8 cm³/mol. The number of rotatable bonds is 4. The Morgan fingerprint density at radius 2 is 1.95 bits per heavy atom. The maximum absolute atomic E-state index is 10.7. The zero-order valence-electron chi connectivity index (χ0n) is 10.5. The SMILES string of the molecule is C=C/C=C(\O)C(N)=O.COc1ccccc1C(N)=O.[HH].[HH]. The third kappa shape index (κ3) is 5.92. The van der Waals surface area contributed by atoms with Gasteiger partial charge in [-0.15, -0.1) is 0 Å².